The molecular weight excluding hydrogens is 200 g/mol. The van der Waals surface area contributed by atoms with Gasteiger partial charge in [-0.2, -0.15) is 0 Å². The summed E-state index contributed by atoms with van der Waals surface area (Å²) in [6, 6.07) is 9.33. The summed E-state index contributed by atoms with van der Waals surface area (Å²) < 4.78 is 0. The molecule has 0 aliphatic carbocycles. The molecule has 1 aromatic carbocycles. The van der Waals surface area contributed by atoms with Crippen LogP contribution in [0.15, 0.2) is 30.3 Å². The molecule has 0 heterocycles. The Morgan fingerprint density at radius 2 is 1.94 bits per heavy atom. The summed E-state index contributed by atoms with van der Waals surface area (Å²) in [6.07, 6.45) is 0.618. The molecule has 0 amide bonds. The Morgan fingerprint density at radius 1 is 1.31 bits per heavy atom. The summed E-state index contributed by atoms with van der Waals surface area (Å²) in [5.74, 6) is 5.28. The lowest BCUT2D eigenvalue weighted by Gasteiger charge is -2.17. The van der Waals surface area contributed by atoms with Crippen molar-refractivity contribution < 1.29 is 9.90 Å². The molecule has 0 aromatic heterocycles. The van der Waals surface area contributed by atoms with Crippen molar-refractivity contribution in [2.45, 2.75) is 32.3 Å². The van der Waals surface area contributed by atoms with E-state index in [1.807, 2.05) is 30.3 Å². The average molecular weight is 216 g/mol. The first-order chi connectivity index (χ1) is 7.62. The lowest BCUT2D eigenvalue weighted by atomic mass is 9.94. The summed E-state index contributed by atoms with van der Waals surface area (Å²) in [4.78, 5) is 11.5. The molecule has 0 aliphatic heterocycles. The Balaban J connectivity index is 2.94. The van der Waals surface area contributed by atoms with Crippen molar-refractivity contribution in [3.63, 3.8) is 0 Å². The second-order valence-electron chi connectivity index (χ2n) is 3.61. The van der Waals surface area contributed by atoms with Gasteiger partial charge in [-0.05, 0) is 18.6 Å². The number of carbonyl (C=O) groups excluding carboxylic acids is 1. The van der Waals surface area contributed by atoms with E-state index in [0.29, 0.717) is 12.8 Å². The van der Waals surface area contributed by atoms with E-state index in [0.717, 1.165) is 5.56 Å². The van der Waals surface area contributed by atoms with Gasteiger partial charge in [0.15, 0.2) is 11.4 Å². The van der Waals surface area contributed by atoms with Gasteiger partial charge in [-0.3, -0.25) is 4.79 Å². The van der Waals surface area contributed by atoms with Gasteiger partial charge in [0.1, 0.15) is 0 Å². The van der Waals surface area contributed by atoms with Crippen molar-refractivity contribution in [1.29, 1.82) is 0 Å². The van der Waals surface area contributed by atoms with E-state index in [9.17, 15) is 9.90 Å². The van der Waals surface area contributed by atoms with Crippen molar-refractivity contribution in [3.05, 3.63) is 35.9 Å². The second-order valence-corrected chi connectivity index (χ2v) is 3.61. The molecule has 1 rings (SSSR count). The molecule has 16 heavy (non-hydrogen) atoms. The minimum Gasteiger partial charge on any atom is -0.371 e. The first-order valence-electron chi connectivity index (χ1n) is 5.46. The monoisotopic (exact) mass is 216 g/mol. The number of carbonyl (C=O) groups is 1. The highest BCUT2D eigenvalue weighted by atomic mass is 16.3. The molecule has 0 aliphatic rings. The largest absolute Gasteiger partial charge is 0.371 e. The molecule has 1 atom stereocenters. The number of hydrogen-bond donors (Lipinski definition) is 1. The minimum atomic E-state index is -1.50. The van der Waals surface area contributed by atoms with E-state index < -0.39 is 5.60 Å². The van der Waals surface area contributed by atoms with Gasteiger partial charge in [0.05, 0.1) is 0 Å². The Kier molecular flexibility index (Phi) is 4.28. The van der Waals surface area contributed by atoms with E-state index >= 15 is 0 Å². The zero-order valence-corrected chi connectivity index (χ0v) is 9.66. The van der Waals surface area contributed by atoms with Crippen LogP contribution in [0.4, 0.5) is 0 Å². The molecule has 0 saturated carbocycles. The van der Waals surface area contributed by atoms with Crippen molar-refractivity contribution >= 4 is 5.78 Å². The van der Waals surface area contributed by atoms with Gasteiger partial charge in [0, 0.05) is 12.0 Å². The summed E-state index contributed by atoms with van der Waals surface area (Å²) in [6.45, 7) is 3.49. The third-order valence-corrected chi connectivity index (χ3v) is 2.48. The molecule has 0 spiro atoms. The molecule has 0 radical (unpaired) electrons. The standard InChI is InChI=1S/C14H16O2/c1-3-13(15)14(16,4-2)11-10-12-8-6-5-7-9-12/h5-9,16H,3-4H2,1-2H3/t14-/m0/s1. The Bertz CT molecular complexity index is 411. The van der Waals surface area contributed by atoms with Crippen LogP contribution >= 0.6 is 0 Å². The maximum absolute atomic E-state index is 11.5. The van der Waals surface area contributed by atoms with E-state index in [4.69, 9.17) is 0 Å². The maximum atomic E-state index is 11.5. The number of ketones is 1. The maximum Gasteiger partial charge on any atom is 0.184 e. The van der Waals surface area contributed by atoms with Crippen LogP contribution in [0, 0.1) is 11.8 Å². The first-order valence-corrected chi connectivity index (χ1v) is 5.46. The molecule has 1 N–H and O–H groups in total. The molecule has 0 unspecified atom stereocenters. The van der Waals surface area contributed by atoms with Crippen molar-refractivity contribution in [2.24, 2.45) is 0 Å². The van der Waals surface area contributed by atoms with Crippen LogP contribution in [0.2, 0.25) is 0 Å². The number of benzene rings is 1. The van der Waals surface area contributed by atoms with Gasteiger partial charge in [-0.1, -0.05) is 43.9 Å². The van der Waals surface area contributed by atoms with Gasteiger partial charge in [-0.25, -0.2) is 0 Å². The number of hydrogen-bond acceptors (Lipinski definition) is 2. The molecule has 2 heteroatoms. The third kappa shape index (κ3) is 2.95. The van der Waals surface area contributed by atoms with Crippen LogP contribution in [-0.4, -0.2) is 16.5 Å². The highest BCUT2D eigenvalue weighted by Gasteiger charge is 2.29. The molecule has 0 saturated heterocycles. The quantitative estimate of drug-likeness (QED) is 0.786. The summed E-state index contributed by atoms with van der Waals surface area (Å²) >= 11 is 0. The number of aliphatic hydroxyl groups is 1. The smallest absolute Gasteiger partial charge is 0.184 e. The molecular formula is C14H16O2. The fraction of sp³-hybridized carbons (Fsp3) is 0.357. The fourth-order valence-electron chi connectivity index (χ4n) is 1.34. The normalized spacial score (nSPS) is 13.4. The summed E-state index contributed by atoms with van der Waals surface area (Å²) in [5, 5.41) is 10.0. The first kappa shape index (κ1) is 12.5. The van der Waals surface area contributed by atoms with Crippen LogP contribution in [0.25, 0.3) is 0 Å². The Labute approximate surface area is 96.3 Å². The van der Waals surface area contributed by atoms with Crippen molar-refractivity contribution in [1.82, 2.24) is 0 Å². The number of rotatable bonds is 3. The van der Waals surface area contributed by atoms with Gasteiger partial charge in [0.25, 0.3) is 0 Å². The highest BCUT2D eigenvalue weighted by molar-refractivity contribution is 5.90. The van der Waals surface area contributed by atoms with E-state index in [1.165, 1.54) is 0 Å². The fourth-order valence-corrected chi connectivity index (χ4v) is 1.34. The topological polar surface area (TPSA) is 37.3 Å². The predicted molar refractivity (Wildman–Crippen MR) is 63.9 cm³/mol. The van der Waals surface area contributed by atoms with Gasteiger partial charge < -0.3 is 5.11 Å². The predicted octanol–water partition coefficient (Wildman–Crippen LogP) is 2.16. The van der Waals surface area contributed by atoms with Crippen LogP contribution < -0.4 is 0 Å². The highest BCUT2D eigenvalue weighted by Crippen LogP contribution is 2.12. The number of Topliss-reactive ketones (excluding diaryl/α,β-unsaturated/α-hetero) is 1. The molecule has 0 fully saturated rings. The molecule has 84 valence electrons. The third-order valence-electron chi connectivity index (χ3n) is 2.48. The van der Waals surface area contributed by atoms with Crippen LogP contribution in [0.1, 0.15) is 32.3 Å². The van der Waals surface area contributed by atoms with Crippen molar-refractivity contribution in [2.75, 3.05) is 0 Å². The second kappa shape index (κ2) is 5.48. The summed E-state index contributed by atoms with van der Waals surface area (Å²) in [7, 11) is 0. The lowest BCUT2D eigenvalue weighted by molar-refractivity contribution is -0.132. The zero-order valence-electron chi connectivity index (χ0n) is 9.66. The van der Waals surface area contributed by atoms with Gasteiger partial charge in [0.2, 0.25) is 0 Å². The average Bonchev–Trinajstić information content (AvgIpc) is 2.36. The van der Waals surface area contributed by atoms with Crippen LogP contribution in [0.5, 0.6) is 0 Å². The molecule has 2 nitrogen and oxygen atoms in total. The summed E-state index contributed by atoms with van der Waals surface area (Å²) in [5.41, 5.74) is -0.691. The van der Waals surface area contributed by atoms with E-state index in [-0.39, 0.29) is 5.78 Å². The minimum absolute atomic E-state index is 0.224. The Hall–Kier alpha value is -1.59. The van der Waals surface area contributed by atoms with Crippen LogP contribution in [-0.2, 0) is 4.79 Å². The van der Waals surface area contributed by atoms with E-state index in [1.54, 1.807) is 13.8 Å². The van der Waals surface area contributed by atoms with Gasteiger partial charge in [-0.15, -0.1) is 0 Å². The van der Waals surface area contributed by atoms with Crippen LogP contribution in [0.3, 0.4) is 0 Å². The zero-order chi connectivity index (χ0) is 12.0. The molecule has 1 aromatic rings. The van der Waals surface area contributed by atoms with E-state index in [2.05, 4.69) is 11.8 Å². The lowest BCUT2D eigenvalue weighted by Crippen LogP contribution is -2.35. The SMILES string of the molecule is CCC(=O)[C@@](O)(C#Cc1ccccc1)CC. The molecule has 0 bridgehead atoms. The van der Waals surface area contributed by atoms with Crippen molar-refractivity contribution in [3.8, 4) is 11.8 Å². The van der Waals surface area contributed by atoms with Gasteiger partial charge >= 0.3 is 0 Å². The Morgan fingerprint density at radius 3 is 2.44 bits per heavy atom.